The van der Waals surface area contributed by atoms with Crippen molar-refractivity contribution in [3.63, 3.8) is 0 Å². The van der Waals surface area contributed by atoms with E-state index in [0.29, 0.717) is 12.6 Å². The molecule has 0 radical (unpaired) electrons. The van der Waals surface area contributed by atoms with Crippen molar-refractivity contribution in [2.75, 3.05) is 26.2 Å². The molecule has 1 atom stereocenters. The number of aryl methyl sites for hydroxylation is 1. The van der Waals surface area contributed by atoms with Gasteiger partial charge in [-0.3, -0.25) is 0 Å². The quantitative estimate of drug-likeness (QED) is 0.336. The number of hydrogen-bond donors (Lipinski definition) is 0. The Morgan fingerprint density at radius 2 is 1.93 bits per heavy atom. The Labute approximate surface area is 173 Å². The van der Waals surface area contributed by atoms with E-state index in [0.717, 1.165) is 18.3 Å². The van der Waals surface area contributed by atoms with Gasteiger partial charge in [0.2, 0.25) is 0 Å². The first-order chi connectivity index (χ1) is 13.5. The predicted molar refractivity (Wildman–Crippen MR) is 120 cm³/mol. The molecule has 0 spiro atoms. The summed E-state index contributed by atoms with van der Waals surface area (Å²) in [6.07, 6.45) is 8.26. The topological polar surface area (TPSA) is 15.7 Å². The third kappa shape index (κ3) is 7.35. The van der Waals surface area contributed by atoms with E-state index in [2.05, 4.69) is 68.0 Å². The second-order valence-corrected chi connectivity index (χ2v) is 8.36. The lowest BCUT2D eigenvalue weighted by atomic mass is 9.99. The summed E-state index contributed by atoms with van der Waals surface area (Å²) in [6.45, 7) is 19.9. The maximum atomic E-state index is 6.04. The van der Waals surface area contributed by atoms with Crippen molar-refractivity contribution in [1.82, 2.24) is 9.80 Å². The highest BCUT2D eigenvalue weighted by Gasteiger charge is 2.25. The average molecular weight is 385 g/mol. The molecule has 1 fully saturated rings. The van der Waals surface area contributed by atoms with Gasteiger partial charge < -0.3 is 14.5 Å². The lowest BCUT2D eigenvalue weighted by molar-refractivity contribution is 0.0565. The number of likely N-dealkylation sites (tertiary alicyclic amines) is 1. The molecule has 1 aromatic carbocycles. The van der Waals surface area contributed by atoms with Crippen LogP contribution in [-0.4, -0.2) is 42.0 Å². The molecule has 0 bridgehead atoms. The van der Waals surface area contributed by atoms with E-state index in [1.807, 2.05) is 6.08 Å². The van der Waals surface area contributed by atoms with Gasteiger partial charge in [-0.1, -0.05) is 62.6 Å². The summed E-state index contributed by atoms with van der Waals surface area (Å²) in [4.78, 5) is 4.93. The van der Waals surface area contributed by atoms with E-state index in [-0.39, 0.29) is 0 Å². The van der Waals surface area contributed by atoms with Crippen LogP contribution in [0, 0.1) is 12.8 Å². The third-order valence-electron chi connectivity index (χ3n) is 5.89. The summed E-state index contributed by atoms with van der Waals surface area (Å²) in [5.74, 6) is 1.62. The molecule has 3 heteroatoms. The van der Waals surface area contributed by atoms with Gasteiger partial charge in [0, 0.05) is 25.7 Å². The molecule has 3 nitrogen and oxygen atoms in total. The minimum Gasteiger partial charge on any atom is -0.475 e. The SMILES string of the molecule is C=CCN(C(=C)OCc1ccc(C)cc1)C1CCN(CCC(C)CCC)CC1. The molecule has 1 aromatic rings. The summed E-state index contributed by atoms with van der Waals surface area (Å²) in [5, 5.41) is 0. The molecule has 1 saturated heterocycles. The van der Waals surface area contributed by atoms with Crippen molar-refractivity contribution in [3.8, 4) is 0 Å². The standard InChI is InChI=1S/C25H40N2O/c1-6-8-21(3)13-17-26-18-14-25(15-19-26)27(16-7-2)23(5)28-20-24-11-9-22(4)10-12-24/h7,9-12,21,25H,2,5-6,8,13-20H2,1,3-4H3. The number of ether oxygens (including phenoxy) is 1. The second-order valence-electron chi connectivity index (χ2n) is 8.36. The Bertz CT molecular complexity index is 587. The number of hydrogen-bond acceptors (Lipinski definition) is 3. The number of rotatable bonds is 12. The average Bonchev–Trinajstić information content (AvgIpc) is 2.70. The fourth-order valence-electron chi connectivity index (χ4n) is 4.02. The van der Waals surface area contributed by atoms with Crippen LogP contribution >= 0.6 is 0 Å². The summed E-state index contributed by atoms with van der Waals surface area (Å²) < 4.78 is 6.04. The van der Waals surface area contributed by atoms with Gasteiger partial charge in [0.05, 0.1) is 0 Å². The lowest BCUT2D eigenvalue weighted by Gasteiger charge is -2.39. The Morgan fingerprint density at radius 1 is 1.25 bits per heavy atom. The van der Waals surface area contributed by atoms with Crippen LogP contribution in [0.1, 0.15) is 57.1 Å². The largest absolute Gasteiger partial charge is 0.475 e. The minimum atomic E-state index is 0.493. The highest BCUT2D eigenvalue weighted by Crippen LogP contribution is 2.22. The Balaban J connectivity index is 1.80. The van der Waals surface area contributed by atoms with Gasteiger partial charge in [-0.05, 0) is 50.8 Å². The van der Waals surface area contributed by atoms with Crippen LogP contribution < -0.4 is 0 Å². The van der Waals surface area contributed by atoms with Crippen LogP contribution in [-0.2, 0) is 11.3 Å². The molecular weight excluding hydrogens is 344 g/mol. The van der Waals surface area contributed by atoms with Gasteiger partial charge >= 0.3 is 0 Å². The van der Waals surface area contributed by atoms with Crippen LogP contribution in [0.25, 0.3) is 0 Å². The van der Waals surface area contributed by atoms with Crippen molar-refractivity contribution >= 4 is 0 Å². The molecule has 28 heavy (non-hydrogen) atoms. The van der Waals surface area contributed by atoms with E-state index < -0.39 is 0 Å². The molecular formula is C25H40N2O. The molecule has 0 N–H and O–H groups in total. The Kier molecular flexibility index (Phi) is 9.63. The molecule has 1 aliphatic heterocycles. The summed E-state index contributed by atoms with van der Waals surface area (Å²) in [7, 11) is 0. The fraction of sp³-hybridized carbons (Fsp3) is 0.600. The first-order valence-electron chi connectivity index (χ1n) is 11.0. The van der Waals surface area contributed by atoms with Gasteiger partial charge in [0.15, 0.2) is 5.88 Å². The molecule has 1 unspecified atom stereocenters. The normalized spacial score (nSPS) is 16.5. The van der Waals surface area contributed by atoms with Gasteiger partial charge in [0.1, 0.15) is 6.61 Å². The Morgan fingerprint density at radius 3 is 2.54 bits per heavy atom. The molecule has 0 amide bonds. The summed E-state index contributed by atoms with van der Waals surface area (Å²) >= 11 is 0. The predicted octanol–water partition coefficient (Wildman–Crippen LogP) is 5.76. The first-order valence-corrected chi connectivity index (χ1v) is 11.0. The summed E-state index contributed by atoms with van der Waals surface area (Å²) in [6, 6.07) is 8.99. The van der Waals surface area contributed by atoms with Crippen LogP contribution in [0.5, 0.6) is 0 Å². The maximum absolute atomic E-state index is 6.04. The van der Waals surface area contributed by atoms with E-state index >= 15 is 0 Å². The molecule has 1 aliphatic rings. The van der Waals surface area contributed by atoms with Crippen LogP contribution in [0.2, 0.25) is 0 Å². The first kappa shape index (κ1) is 22.5. The number of nitrogens with zero attached hydrogens (tertiary/aromatic N) is 2. The van der Waals surface area contributed by atoms with Crippen LogP contribution in [0.3, 0.4) is 0 Å². The molecule has 1 heterocycles. The molecule has 0 saturated carbocycles. The second kappa shape index (κ2) is 12.0. The highest BCUT2D eigenvalue weighted by molar-refractivity contribution is 5.20. The van der Waals surface area contributed by atoms with Crippen molar-refractivity contribution in [3.05, 3.63) is 60.5 Å². The van der Waals surface area contributed by atoms with E-state index in [9.17, 15) is 0 Å². The van der Waals surface area contributed by atoms with Crippen molar-refractivity contribution in [2.24, 2.45) is 5.92 Å². The van der Waals surface area contributed by atoms with E-state index in [1.165, 1.54) is 62.9 Å². The highest BCUT2D eigenvalue weighted by atomic mass is 16.5. The molecule has 0 aliphatic carbocycles. The van der Waals surface area contributed by atoms with Crippen molar-refractivity contribution in [1.29, 1.82) is 0 Å². The van der Waals surface area contributed by atoms with E-state index in [1.54, 1.807) is 0 Å². The molecule has 2 rings (SSSR count). The zero-order chi connectivity index (χ0) is 20.4. The zero-order valence-corrected chi connectivity index (χ0v) is 18.3. The summed E-state index contributed by atoms with van der Waals surface area (Å²) in [5.41, 5.74) is 2.45. The van der Waals surface area contributed by atoms with E-state index in [4.69, 9.17) is 4.74 Å². The molecule has 156 valence electrons. The van der Waals surface area contributed by atoms with Crippen molar-refractivity contribution in [2.45, 2.75) is 65.5 Å². The number of piperidine rings is 1. The van der Waals surface area contributed by atoms with Gasteiger partial charge in [-0.25, -0.2) is 0 Å². The third-order valence-corrected chi connectivity index (χ3v) is 5.89. The number of benzene rings is 1. The lowest BCUT2D eigenvalue weighted by Crippen LogP contribution is -2.45. The van der Waals surface area contributed by atoms with Crippen LogP contribution in [0.15, 0.2) is 49.4 Å². The van der Waals surface area contributed by atoms with Gasteiger partial charge in [0.25, 0.3) is 0 Å². The zero-order valence-electron chi connectivity index (χ0n) is 18.3. The van der Waals surface area contributed by atoms with Gasteiger partial charge in [-0.2, -0.15) is 0 Å². The minimum absolute atomic E-state index is 0.493. The van der Waals surface area contributed by atoms with Crippen LogP contribution in [0.4, 0.5) is 0 Å². The Hall–Kier alpha value is -1.74. The molecule has 0 aromatic heterocycles. The smallest absolute Gasteiger partial charge is 0.182 e. The fourth-order valence-corrected chi connectivity index (χ4v) is 4.02. The van der Waals surface area contributed by atoms with Crippen molar-refractivity contribution < 1.29 is 4.74 Å². The van der Waals surface area contributed by atoms with Gasteiger partial charge in [-0.15, -0.1) is 6.58 Å². The monoisotopic (exact) mass is 384 g/mol. The maximum Gasteiger partial charge on any atom is 0.182 e.